The molecule has 0 aromatic heterocycles. The van der Waals surface area contributed by atoms with Crippen LogP contribution >= 0.6 is 11.8 Å². The number of rotatable bonds is 7. The third-order valence-corrected chi connectivity index (χ3v) is 6.15. The summed E-state index contributed by atoms with van der Waals surface area (Å²) in [5.41, 5.74) is 2.02. The van der Waals surface area contributed by atoms with Crippen LogP contribution in [-0.2, 0) is 4.79 Å². The van der Waals surface area contributed by atoms with Gasteiger partial charge >= 0.3 is 0 Å². The number of benzene rings is 2. The molecule has 1 N–H and O–H groups in total. The lowest BCUT2D eigenvalue weighted by Gasteiger charge is -2.37. The third-order valence-electron chi connectivity index (χ3n) is 5.25. The van der Waals surface area contributed by atoms with E-state index < -0.39 is 0 Å². The molecule has 0 saturated carbocycles. The minimum atomic E-state index is -0.249. The summed E-state index contributed by atoms with van der Waals surface area (Å²) in [6.07, 6.45) is 1.73. The van der Waals surface area contributed by atoms with Crippen LogP contribution in [0.25, 0.3) is 6.08 Å². The van der Waals surface area contributed by atoms with Gasteiger partial charge in [0.15, 0.2) is 0 Å². The van der Waals surface area contributed by atoms with Crippen molar-refractivity contribution in [1.82, 2.24) is 9.80 Å². The lowest BCUT2D eigenvalue weighted by Crippen LogP contribution is -2.50. The van der Waals surface area contributed by atoms with E-state index in [4.69, 9.17) is 9.84 Å². The van der Waals surface area contributed by atoms with E-state index in [2.05, 4.69) is 21.9 Å². The molecule has 8 heteroatoms. The maximum atomic E-state index is 12.8. The number of carbonyl (C=O) groups is 2. The number of carbonyl (C=O) groups excluding carboxylic acids is 2. The van der Waals surface area contributed by atoms with Crippen molar-refractivity contribution in [2.24, 2.45) is 0 Å². The van der Waals surface area contributed by atoms with Gasteiger partial charge < -0.3 is 14.7 Å². The molecule has 0 spiro atoms. The van der Waals surface area contributed by atoms with Crippen molar-refractivity contribution in [2.75, 3.05) is 51.0 Å². The van der Waals surface area contributed by atoms with Gasteiger partial charge in [0, 0.05) is 31.9 Å². The van der Waals surface area contributed by atoms with E-state index in [0.717, 1.165) is 43.5 Å². The van der Waals surface area contributed by atoms with Crippen molar-refractivity contribution in [3.05, 3.63) is 65.1 Å². The Hall–Kier alpha value is -2.81. The molecule has 7 nitrogen and oxygen atoms in total. The predicted molar refractivity (Wildman–Crippen MR) is 122 cm³/mol. The molecule has 4 rings (SSSR count). The van der Waals surface area contributed by atoms with E-state index in [-0.39, 0.29) is 24.4 Å². The molecule has 2 aromatic rings. The summed E-state index contributed by atoms with van der Waals surface area (Å²) in [5.74, 6) is 0.398. The van der Waals surface area contributed by atoms with Crippen LogP contribution in [0.2, 0.25) is 0 Å². The number of hydrogen-bond acceptors (Lipinski definition) is 7. The minimum Gasteiger partial charge on any atom is -0.491 e. The van der Waals surface area contributed by atoms with Crippen molar-refractivity contribution in [2.45, 2.75) is 0 Å². The first kappa shape index (κ1) is 21.4. The predicted octanol–water partition coefficient (Wildman–Crippen LogP) is 2.87. The van der Waals surface area contributed by atoms with Gasteiger partial charge in [-0.1, -0.05) is 30.3 Å². The van der Waals surface area contributed by atoms with Crippen LogP contribution in [-0.4, -0.2) is 72.1 Å². The molecule has 2 saturated heterocycles. The molecule has 31 heavy (non-hydrogen) atoms. The Kier molecular flexibility index (Phi) is 6.91. The Morgan fingerprint density at radius 2 is 1.68 bits per heavy atom. The second kappa shape index (κ2) is 10.00. The smallest absolute Gasteiger partial charge is 0.294 e. The molecule has 2 aliphatic rings. The Morgan fingerprint density at radius 1 is 0.968 bits per heavy atom. The van der Waals surface area contributed by atoms with Crippen LogP contribution in [0.5, 0.6) is 5.75 Å². The number of aliphatic hydroxyl groups is 1. The van der Waals surface area contributed by atoms with Gasteiger partial charge in [0.1, 0.15) is 12.4 Å². The average molecular weight is 440 g/mol. The molecule has 2 heterocycles. The monoisotopic (exact) mass is 439 g/mol. The van der Waals surface area contributed by atoms with Crippen LogP contribution in [0, 0.1) is 0 Å². The molecule has 0 aliphatic carbocycles. The van der Waals surface area contributed by atoms with Gasteiger partial charge in [-0.25, -0.2) is 0 Å². The molecular formula is C23H25N3O4S. The molecule has 2 aromatic carbocycles. The second-order valence-electron chi connectivity index (χ2n) is 7.33. The first-order valence-corrected chi connectivity index (χ1v) is 11.1. The largest absolute Gasteiger partial charge is 0.491 e. The van der Waals surface area contributed by atoms with Gasteiger partial charge in [-0.15, -0.1) is 0 Å². The van der Waals surface area contributed by atoms with Crippen LogP contribution in [0.4, 0.5) is 10.5 Å². The molecule has 2 fully saturated rings. The van der Waals surface area contributed by atoms with E-state index in [0.29, 0.717) is 17.3 Å². The number of thioether (sulfide) groups is 1. The summed E-state index contributed by atoms with van der Waals surface area (Å²) in [7, 11) is 0. The van der Waals surface area contributed by atoms with Crippen molar-refractivity contribution >= 4 is 34.7 Å². The van der Waals surface area contributed by atoms with Crippen LogP contribution in [0.1, 0.15) is 5.56 Å². The molecule has 162 valence electrons. The number of hydrogen-bond donors (Lipinski definition) is 1. The normalized spacial score (nSPS) is 18.8. The Bertz CT molecular complexity index is 941. The highest BCUT2D eigenvalue weighted by Crippen LogP contribution is 2.32. The summed E-state index contributed by atoms with van der Waals surface area (Å²) in [6, 6.07) is 17.5. The first-order chi connectivity index (χ1) is 15.1. The quantitative estimate of drug-likeness (QED) is 0.665. The summed E-state index contributed by atoms with van der Waals surface area (Å²) < 4.78 is 5.34. The zero-order valence-electron chi connectivity index (χ0n) is 17.1. The van der Waals surface area contributed by atoms with Gasteiger partial charge in [0.05, 0.1) is 18.2 Å². The molecule has 0 atom stereocenters. The van der Waals surface area contributed by atoms with Crippen LogP contribution < -0.4 is 9.64 Å². The lowest BCUT2D eigenvalue weighted by atomic mass is 10.2. The van der Waals surface area contributed by atoms with Crippen molar-refractivity contribution < 1.29 is 19.4 Å². The fourth-order valence-electron chi connectivity index (χ4n) is 3.58. The van der Waals surface area contributed by atoms with Gasteiger partial charge in [-0.05, 0) is 47.7 Å². The molecular weight excluding hydrogens is 414 g/mol. The number of nitrogens with zero attached hydrogens (tertiary/aromatic N) is 3. The van der Waals surface area contributed by atoms with E-state index in [1.165, 1.54) is 10.6 Å². The fraction of sp³-hybridized carbons (Fsp3) is 0.304. The first-order valence-electron chi connectivity index (χ1n) is 10.3. The Balaban J connectivity index is 1.34. The lowest BCUT2D eigenvalue weighted by molar-refractivity contribution is -0.124. The van der Waals surface area contributed by atoms with E-state index in [1.807, 2.05) is 30.3 Å². The van der Waals surface area contributed by atoms with Gasteiger partial charge in [-0.2, -0.15) is 0 Å². The highest BCUT2D eigenvalue weighted by atomic mass is 32.2. The topological polar surface area (TPSA) is 73.3 Å². The standard InChI is InChI=1S/C23H25N3O4S/c27-14-15-30-20-8-6-18(7-9-20)16-21-22(28)26(23(29)31-21)17-24-10-12-25(13-11-24)19-4-2-1-3-5-19/h1-9,16,27H,10-15,17H2/b21-16+. The number of amides is 2. The minimum absolute atomic E-state index is 0.0454. The number of ether oxygens (including phenoxy) is 1. The van der Waals surface area contributed by atoms with Gasteiger partial charge in [0.2, 0.25) is 0 Å². The Morgan fingerprint density at radius 3 is 2.35 bits per heavy atom. The van der Waals surface area contributed by atoms with E-state index in [9.17, 15) is 9.59 Å². The molecule has 0 unspecified atom stereocenters. The van der Waals surface area contributed by atoms with Gasteiger partial charge in [0.25, 0.3) is 11.1 Å². The van der Waals surface area contributed by atoms with Crippen LogP contribution in [0.15, 0.2) is 59.5 Å². The molecule has 2 aliphatic heterocycles. The number of anilines is 1. The maximum absolute atomic E-state index is 12.8. The van der Waals surface area contributed by atoms with Crippen molar-refractivity contribution in [3.63, 3.8) is 0 Å². The number of aliphatic hydroxyl groups excluding tert-OH is 1. The summed E-state index contributed by atoms with van der Waals surface area (Å²) in [6.45, 7) is 3.82. The van der Waals surface area contributed by atoms with E-state index >= 15 is 0 Å². The highest BCUT2D eigenvalue weighted by molar-refractivity contribution is 8.18. The summed E-state index contributed by atoms with van der Waals surface area (Å²) >= 11 is 0.978. The van der Waals surface area contributed by atoms with Crippen molar-refractivity contribution in [3.8, 4) is 5.75 Å². The zero-order valence-corrected chi connectivity index (χ0v) is 18.0. The fourth-order valence-corrected chi connectivity index (χ4v) is 4.41. The van der Waals surface area contributed by atoms with Gasteiger partial charge in [-0.3, -0.25) is 19.4 Å². The second-order valence-corrected chi connectivity index (χ2v) is 8.33. The SMILES string of the molecule is O=C1S/C(=C/c2ccc(OCCO)cc2)C(=O)N1CN1CCN(c2ccccc2)CC1. The third kappa shape index (κ3) is 5.28. The summed E-state index contributed by atoms with van der Waals surface area (Å²) in [4.78, 5) is 31.5. The zero-order chi connectivity index (χ0) is 21.6. The maximum Gasteiger partial charge on any atom is 0.294 e. The molecule has 2 amide bonds. The molecule has 0 bridgehead atoms. The highest BCUT2D eigenvalue weighted by Gasteiger charge is 2.36. The number of para-hydroxylation sites is 1. The van der Waals surface area contributed by atoms with Crippen LogP contribution in [0.3, 0.4) is 0 Å². The Labute approximate surface area is 185 Å². The summed E-state index contributed by atoms with van der Waals surface area (Å²) in [5, 5.41) is 8.58. The van der Waals surface area contributed by atoms with E-state index in [1.54, 1.807) is 18.2 Å². The number of imide groups is 1. The van der Waals surface area contributed by atoms with Crippen molar-refractivity contribution in [1.29, 1.82) is 0 Å². The number of piperazine rings is 1. The average Bonchev–Trinajstić information content (AvgIpc) is 3.07. The molecule has 0 radical (unpaired) electrons.